The average molecular weight is 409 g/mol. The average Bonchev–Trinajstić information content (AvgIpc) is 3.09. The Balaban J connectivity index is 0.00000225. The van der Waals surface area contributed by atoms with E-state index in [2.05, 4.69) is 42.1 Å². The van der Waals surface area contributed by atoms with Gasteiger partial charge in [0.15, 0.2) is 5.75 Å². The van der Waals surface area contributed by atoms with Crippen LogP contribution in [0.1, 0.15) is 44.2 Å². The molecule has 0 radical (unpaired) electrons. The van der Waals surface area contributed by atoms with Gasteiger partial charge in [0, 0.05) is 11.6 Å². The molecule has 0 spiro atoms. The summed E-state index contributed by atoms with van der Waals surface area (Å²) in [6.45, 7) is 6.90. The maximum Gasteiger partial charge on any atom is 0.208 e. The fraction of sp³-hybridized carbons (Fsp3) is 0.550. The molecule has 1 atom stereocenters. The first-order valence-electron chi connectivity index (χ1n) is 9.12. The Morgan fingerprint density at radius 3 is 2.68 bits per heavy atom. The Morgan fingerprint density at radius 2 is 2.00 bits per heavy atom. The van der Waals surface area contributed by atoms with Crippen LogP contribution in [0.25, 0.3) is 11.3 Å². The van der Waals surface area contributed by atoms with Crippen LogP contribution in [-0.4, -0.2) is 36.3 Å². The zero-order valence-electron chi connectivity index (χ0n) is 15.5. The Kier molecular flexibility index (Phi) is 7.51. The molecule has 1 aromatic heterocycles. The van der Waals surface area contributed by atoms with Crippen LogP contribution in [0.5, 0.6) is 5.75 Å². The largest absolute Gasteiger partial charge is 0.491 e. The predicted molar refractivity (Wildman–Crippen MR) is 107 cm³/mol. The minimum absolute atomic E-state index is 0. The first-order valence-corrected chi connectivity index (χ1v) is 9.12. The predicted octanol–water partition coefficient (Wildman–Crippen LogP) is 4.91. The zero-order valence-corrected chi connectivity index (χ0v) is 17.2. The number of methoxy groups -OCH3 is 1. The number of halogens is 1. The van der Waals surface area contributed by atoms with Gasteiger partial charge < -0.3 is 14.2 Å². The molecule has 2 aromatic rings. The molecule has 0 aliphatic heterocycles. The van der Waals surface area contributed by atoms with Gasteiger partial charge in [-0.1, -0.05) is 37.2 Å². The number of nitrogens with zero attached hydrogens (tertiary/aromatic N) is 2. The van der Waals surface area contributed by atoms with Crippen LogP contribution >= 0.6 is 17.0 Å². The highest BCUT2D eigenvalue weighted by Gasteiger charge is 2.27. The van der Waals surface area contributed by atoms with Crippen molar-refractivity contribution in [1.29, 1.82) is 0 Å². The molecule has 0 fully saturated rings. The lowest BCUT2D eigenvalue weighted by Crippen LogP contribution is -2.40. The Bertz CT molecular complexity index is 665. The first kappa shape index (κ1) is 20.0. The Labute approximate surface area is 161 Å². The summed E-state index contributed by atoms with van der Waals surface area (Å²) in [4.78, 5) is 2.66. The van der Waals surface area contributed by atoms with Gasteiger partial charge >= 0.3 is 0 Å². The number of rotatable bonds is 7. The molecule has 3 rings (SSSR count). The molecule has 5 heteroatoms. The molecule has 25 heavy (non-hydrogen) atoms. The standard InChI is InChI=1S/C20H28N2O2.BrH/c1-4-11-22(12-5-2)16-10-9-15-7-6-8-17(18(15)13-16)20-19(23-3)14-21-24-20;/h6-8,14,16H,4-5,9-13H2,1-3H3;1H. The molecule has 138 valence electrons. The SMILES string of the molecule is Br.CCCN(CCC)C1CCc2cccc(-c3oncc3OC)c2C1. The molecular weight excluding hydrogens is 380 g/mol. The zero-order chi connectivity index (χ0) is 16.9. The van der Waals surface area contributed by atoms with Crippen molar-refractivity contribution in [3.05, 3.63) is 35.5 Å². The summed E-state index contributed by atoms with van der Waals surface area (Å²) < 4.78 is 10.9. The summed E-state index contributed by atoms with van der Waals surface area (Å²) in [5.41, 5.74) is 3.98. The molecule has 4 nitrogen and oxygen atoms in total. The summed E-state index contributed by atoms with van der Waals surface area (Å²) in [5, 5.41) is 3.92. The highest BCUT2D eigenvalue weighted by atomic mass is 79.9. The molecule has 0 amide bonds. The van der Waals surface area contributed by atoms with Gasteiger partial charge in [-0.15, -0.1) is 17.0 Å². The summed E-state index contributed by atoms with van der Waals surface area (Å²) >= 11 is 0. The van der Waals surface area contributed by atoms with Crippen molar-refractivity contribution < 1.29 is 9.26 Å². The van der Waals surface area contributed by atoms with Crippen molar-refractivity contribution in [1.82, 2.24) is 10.1 Å². The van der Waals surface area contributed by atoms with E-state index in [-0.39, 0.29) is 17.0 Å². The van der Waals surface area contributed by atoms with Crippen LogP contribution in [0.15, 0.2) is 28.9 Å². The first-order chi connectivity index (χ1) is 11.8. The number of benzene rings is 1. The third-order valence-corrected chi connectivity index (χ3v) is 5.00. The highest BCUT2D eigenvalue weighted by Crippen LogP contribution is 2.37. The van der Waals surface area contributed by atoms with E-state index < -0.39 is 0 Å². The fourth-order valence-electron chi connectivity index (χ4n) is 3.90. The van der Waals surface area contributed by atoms with Crippen molar-refractivity contribution in [2.45, 2.75) is 52.0 Å². The normalized spacial score (nSPS) is 16.4. The second-order valence-corrected chi connectivity index (χ2v) is 6.60. The van der Waals surface area contributed by atoms with Gasteiger partial charge in [0.25, 0.3) is 0 Å². The van der Waals surface area contributed by atoms with E-state index in [0.717, 1.165) is 24.2 Å². The van der Waals surface area contributed by atoms with E-state index in [1.807, 2.05) is 0 Å². The maximum absolute atomic E-state index is 5.51. The lowest BCUT2D eigenvalue weighted by atomic mass is 9.84. The third kappa shape index (κ3) is 4.26. The summed E-state index contributed by atoms with van der Waals surface area (Å²) in [6.07, 6.45) is 7.52. The molecule has 1 aliphatic rings. The molecule has 1 unspecified atom stereocenters. The van der Waals surface area contributed by atoms with Gasteiger partial charge in [0.2, 0.25) is 5.76 Å². The van der Waals surface area contributed by atoms with Crippen LogP contribution < -0.4 is 4.74 Å². The number of hydrogen-bond donors (Lipinski definition) is 0. The van der Waals surface area contributed by atoms with E-state index in [4.69, 9.17) is 9.26 Å². The van der Waals surface area contributed by atoms with E-state index in [1.165, 1.54) is 43.5 Å². The van der Waals surface area contributed by atoms with Gasteiger partial charge in [0.1, 0.15) is 6.20 Å². The summed E-state index contributed by atoms with van der Waals surface area (Å²) in [6, 6.07) is 7.12. The van der Waals surface area contributed by atoms with Crippen LogP contribution in [0.3, 0.4) is 0 Å². The maximum atomic E-state index is 5.51. The lowest BCUT2D eigenvalue weighted by molar-refractivity contribution is 0.180. The molecule has 0 saturated heterocycles. The van der Waals surface area contributed by atoms with Crippen molar-refractivity contribution in [2.75, 3.05) is 20.2 Å². The van der Waals surface area contributed by atoms with E-state index in [1.54, 1.807) is 13.3 Å². The van der Waals surface area contributed by atoms with Crippen LogP contribution in [0.2, 0.25) is 0 Å². The minimum Gasteiger partial charge on any atom is -0.491 e. The van der Waals surface area contributed by atoms with Crippen LogP contribution in [0.4, 0.5) is 0 Å². The molecular formula is C20H29BrN2O2. The van der Waals surface area contributed by atoms with Gasteiger partial charge in [-0.2, -0.15) is 0 Å². The number of aryl methyl sites for hydroxylation is 1. The van der Waals surface area contributed by atoms with Gasteiger partial charge in [-0.25, -0.2) is 0 Å². The monoisotopic (exact) mass is 408 g/mol. The van der Waals surface area contributed by atoms with Crippen molar-refractivity contribution in [2.24, 2.45) is 0 Å². The van der Waals surface area contributed by atoms with Crippen molar-refractivity contribution in [3.8, 4) is 17.1 Å². The lowest BCUT2D eigenvalue weighted by Gasteiger charge is -2.35. The van der Waals surface area contributed by atoms with Crippen LogP contribution in [-0.2, 0) is 12.8 Å². The molecule has 0 bridgehead atoms. The fourth-order valence-corrected chi connectivity index (χ4v) is 3.90. The molecule has 0 N–H and O–H groups in total. The number of aromatic nitrogens is 1. The van der Waals surface area contributed by atoms with Gasteiger partial charge in [-0.05, 0) is 56.3 Å². The number of fused-ring (bicyclic) bond motifs is 1. The highest BCUT2D eigenvalue weighted by molar-refractivity contribution is 8.93. The summed E-state index contributed by atoms with van der Waals surface area (Å²) in [5.74, 6) is 1.47. The Morgan fingerprint density at radius 1 is 1.24 bits per heavy atom. The van der Waals surface area contributed by atoms with Crippen LogP contribution in [0, 0.1) is 0 Å². The Hall–Kier alpha value is -1.33. The number of ether oxygens (including phenoxy) is 1. The number of hydrogen-bond acceptors (Lipinski definition) is 4. The summed E-state index contributed by atoms with van der Waals surface area (Å²) in [7, 11) is 1.67. The second-order valence-electron chi connectivity index (χ2n) is 6.60. The quantitative estimate of drug-likeness (QED) is 0.652. The van der Waals surface area contributed by atoms with Crippen molar-refractivity contribution >= 4 is 17.0 Å². The van der Waals surface area contributed by atoms with E-state index in [9.17, 15) is 0 Å². The molecule has 1 aromatic carbocycles. The van der Waals surface area contributed by atoms with E-state index >= 15 is 0 Å². The molecule has 1 heterocycles. The van der Waals surface area contributed by atoms with Gasteiger partial charge in [-0.3, -0.25) is 0 Å². The smallest absolute Gasteiger partial charge is 0.208 e. The minimum atomic E-state index is 0. The van der Waals surface area contributed by atoms with Crippen molar-refractivity contribution in [3.63, 3.8) is 0 Å². The van der Waals surface area contributed by atoms with E-state index in [0.29, 0.717) is 11.8 Å². The second kappa shape index (κ2) is 9.39. The topological polar surface area (TPSA) is 38.5 Å². The molecule has 0 saturated carbocycles. The third-order valence-electron chi connectivity index (χ3n) is 5.00. The molecule has 1 aliphatic carbocycles. The van der Waals surface area contributed by atoms with Gasteiger partial charge in [0.05, 0.1) is 7.11 Å².